The molecule has 0 spiro atoms. The van der Waals surface area contributed by atoms with E-state index in [2.05, 4.69) is 15.1 Å². The lowest BCUT2D eigenvalue weighted by atomic mass is 10.1. The number of hydrogen-bond donors (Lipinski definition) is 2. The van der Waals surface area contributed by atoms with Gasteiger partial charge in [-0.25, -0.2) is 4.52 Å². The fourth-order valence-electron chi connectivity index (χ4n) is 1.79. The molecule has 0 aliphatic carbocycles. The third kappa shape index (κ3) is 2.19. The summed E-state index contributed by atoms with van der Waals surface area (Å²) < 4.78 is 32.7. The summed E-state index contributed by atoms with van der Waals surface area (Å²) in [5.74, 6) is 0.145. The van der Waals surface area contributed by atoms with Crippen LogP contribution in [0.5, 0.6) is 0 Å². The molecule has 0 fully saturated rings. The molecule has 0 unspecified atom stereocenters. The molecule has 3 rings (SSSR count). The van der Waals surface area contributed by atoms with Gasteiger partial charge in [-0.3, -0.25) is 9.54 Å². The van der Waals surface area contributed by atoms with Crippen LogP contribution in [0.1, 0.15) is 0 Å². The van der Waals surface area contributed by atoms with Gasteiger partial charge >= 0.3 is 0 Å². The van der Waals surface area contributed by atoms with Crippen molar-refractivity contribution in [2.75, 3.05) is 5.73 Å². The van der Waals surface area contributed by atoms with E-state index in [-0.39, 0.29) is 10.8 Å². The third-order valence-electron chi connectivity index (χ3n) is 2.69. The van der Waals surface area contributed by atoms with Gasteiger partial charge in [0.15, 0.2) is 5.65 Å². The molecule has 0 aliphatic heterocycles. The van der Waals surface area contributed by atoms with Crippen molar-refractivity contribution < 1.29 is 13.0 Å². The first-order chi connectivity index (χ1) is 9.43. The van der Waals surface area contributed by atoms with Crippen LogP contribution in [-0.4, -0.2) is 32.6 Å². The molecule has 8 nitrogen and oxygen atoms in total. The first-order valence-corrected chi connectivity index (χ1v) is 6.92. The molecule has 0 amide bonds. The topological polar surface area (TPSA) is 123 Å². The molecular weight excluding hydrogens is 282 g/mol. The number of rotatable bonds is 2. The highest BCUT2D eigenvalue weighted by Crippen LogP contribution is 2.21. The minimum absolute atomic E-state index is 0.145. The van der Waals surface area contributed by atoms with Crippen LogP contribution in [0, 0.1) is 0 Å². The Morgan fingerprint density at radius 2 is 2.00 bits per heavy atom. The van der Waals surface area contributed by atoms with Gasteiger partial charge in [0, 0.05) is 29.7 Å². The number of aromatic nitrogens is 4. The average molecular weight is 291 g/mol. The SMILES string of the molecule is Nc1nc2ccc(-c3cncc(S(=O)(=O)O)c3)cn2n1. The minimum atomic E-state index is -4.29. The maximum atomic E-state index is 11.1. The fourth-order valence-corrected chi connectivity index (χ4v) is 2.26. The van der Waals surface area contributed by atoms with Gasteiger partial charge in [-0.05, 0) is 18.2 Å². The standard InChI is InChI=1S/C11H9N5O3S/c12-11-14-10-2-1-7(6-16(10)15-11)8-3-9(5-13-4-8)20(17,18)19/h1-6H,(H2,12,15)(H,17,18,19). The molecule has 0 saturated heterocycles. The Morgan fingerprint density at radius 3 is 2.75 bits per heavy atom. The summed E-state index contributed by atoms with van der Waals surface area (Å²) in [4.78, 5) is 7.52. The second-order valence-electron chi connectivity index (χ2n) is 4.07. The first kappa shape index (κ1) is 12.5. The van der Waals surface area contributed by atoms with Gasteiger partial charge in [-0.2, -0.15) is 13.4 Å². The van der Waals surface area contributed by atoms with Crippen LogP contribution in [0.25, 0.3) is 16.8 Å². The van der Waals surface area contributed by atoms with E-state index in [1.54, 1.807) is 18.3 Å². The molecule has 3 N–H and O–H groups in total. The van der Waals surface area contributed by atoms with Crippen molar-refractivity contribution in [1.29, 1.82) is 0 Å². The maximum absolute atomic E-state index is 11.1. The summed E-state index contributed by atoms with van der Waals surface area (Å²) in [5, 5.41) is 3.97. The number of nitrogen functional groups attached to an aromatic ring is 1. The Kier molecular flexibility index (Phi) is 2.66. The molecule has 9 heteroatoms. The Bertz CT molecular complexity index is 903. The van der Waals surface area contributed by atoms with Crippen LogP contribution in [0.3, 0.4) is 0 Å². The predicted molar refractivity (Wildman–Crippen MR) is 70.4 cm³/mol. The van der Waals surface area contributed by atoms with Crippen molar-refractivity contribution >= 4 is 21.7 Å². The number of nitrogens with two attached hydrogens (primary N) is 1. The third-order valence-corrected chi connectivity index (χ3v) is 3.51. The van der Waals surface area contributed by atoms with E-state index >= 15 is 0 Å². The lowest BCUT2D eigenvalue weighted by Crippen LogP contribution is -1.99. The molecule has 0 aromatic carbocycles. The molecule has 0 radical (unpaired) electrons. The average Bonchev–Trinajstić information content (AvgIpc) is 2.77. The van der Waals surface area contributed by atoms with E-state index in [1.807, 2.05) is 0 Å². The normalized spacial score (nSPS) is 11.8. The van der Waals surface area contributed by atoms with Crippen molar-refractivity contribution in [2.24, 2.45) is 0 Å². The predicted octanol–water partition coefficient (Wildman–Crippen LogP) is 0.620. The Morgan fingerprint density at radius 1 is 1.20 bits per heavy atom. The van der Waals surface area contributed by atoms with E-state index in [4.69, 9.17) is 10.3 Å². The summed E-state index contributed by atoms with van der Waals surface area (Å²) in [6.45, 7) is 0. The highest BCUT2D eigenvalue weighted by molar-refractivity contribution is 7.85. The molecule has 3 aromatic rings. The zero-order valence-electron chi connectivity index (χ0n) is 10.0. The number of hydrogen-bond acceptors (Lipinski definition) is 6. The fraction of sp³-hybridized carbons (Fsp3) is 0. The van der Waals surface area contributed by atoms with Gasteiger partial charge in [0.05, 0.1) is 0 Å². The Balaban J connectivity index is 2.15. The van der Waals surface area contributed by atoms with Crippen LogP contribution in [-0.2, 0) is 10.1 Å². The Labute approximate surface area is 113 Å². The highest BCUT2D eigenvalue weighted by atomic mass is 32.2. The first-order valence-electron chi connectivity index (χ1n) is 5.48. The van der Waals surface area contributed by atoms with Crippen molar-refractivity contribution in [3.63, 3.8) is 0 Å². The van der Waals surface area contributed by atoms with Crippen molar-refractivity contribution in [2.45, 2.75) is 4.90 Å². The summed E-state index contributed by atoms with van der Waals surface area (Å²) in [6.07, 6.45) is 4.20. The van der Waals surface area contributed by atoms with E-state index < -0.39 is 10.1 Å². The minimum Gasteiger partial charge on any atom is -0.366 e. The second kappa shape index (κ2) is 4.25. The zero-order valence-corrected chi connectivity index (χ0v) is 10.8. The van der Waals surface area contributed by atoms with Crippen molar-refractivity contribution in [3.05, 3.63) is 36.8 Å². The smallest absolute Gasteiger partial charge is 0.296 e. The number of pyridine rings is 2. The van der Waals surface area contributed by atoms with E-state index in [1.165, 1.54) is 16.8 Å². The van der Waals surface area contributed by atoms with E-state index in [0.717, 1.165) is 6.20 Å². The maximum Gasteiger partial charge on any atom is 0.296 e. The van der Waals surface area contributed by atoms with Crippen LogP contribution in [0.4, 0.5) is 5.95 Å². The van der Waals surface area contributed by atoms with Crippen LogP contribution in [0.15, 0.2) is 41.7 Å². The number of fused-ring (bicyclic) bond motifs is 1. The lowest BCUT2D eigenvalue weighted by molar-refractivity contribution is 0.483. The van der Waals surface area contributed by atoms with E-state index in [9.17, 15) is 8.42 Å². The summed E-state index contributed by atoms with van der Waals surface area (Å²) in [7, 11) is -4.29. The monoisotopic (exact) mass is 291 g/mol. The van der Waals surface area contributed by atoms with E-state index in [0.29, 0.717) is 16.8 Å². The van der Waals surface area contributed by atoms with Crippen LogP contribution in [0.2, 0.25) is 0 Å². The van der Waals surface area contributed by atoms with Crippen LogP contribution >= 0.6 is 0 Å². The molecule has 0 aliphatic rings. The Hall–Kier alpha value is -2.52. The van der Waals surface area contributed by atoms with Gasteiger partial charge in [0.2, 0.25) is 5.95 Å². The highest BCUT2D eigenvalue weighted by Gasteiger charge is 2.12. The molecule has 20 heavy (non-hydrogen) atoms. The lowest BCUT2D eigenvalue weighted by Gasteiger charge is -2.03. The molecule has 0 bridgehead atoms. The van der Waals surface area contributed by atoms with Crippen LogP contribution < -0.4 is 5.73 Å². The summed E-state index contributed by atoms with van der Waals surface area (Å²) in [6, 6.07) is 4.75. The van der Waals surface area contributed by atoms with Gasteiger partial charge in [0.25, 0.3) is 10.1 Å². The largest absolute Gasteiger partial charge is 0.366 e. The second-order valence-corrected chi connectivity index (χ2v) is 5.50. The quantitative estimate of drug-likeness (QED) is 0.663. The van der Waals surface area contributed by atoms with Gasteiger partial charge < -0.3 is 5.73 Å². The zero-order chi connectivity index (χ0) is 14.3. The van der Waals surface area contributed by atoms with Gasteiger partial charge in [0.1, 0.15) is 4.90 Å². The number of anilines is 1. The van der Waals surface area contributed by atoms with Crippen molar-refractivity contribution in [1.82, 2.24) is 19.6 Å². The molecule has 0 atom stereocenters. The molecule has 0 saturated carbocycles. The number of nitrogens with zero attached hydrogens (tertiary/aromatic N) is 4. The summed E-state index contributed by atoms with van der Waals surface area (Å²) >= 11 is 0. The van der Waals surface area contributed by atoms with Gasteiger partial charge in [-0.1, -0.05) is 0 Å². The molecule has 3 heterocycles. The summed E-state index contributed by atoms with van der Waals surface area (Å²) in [5.41, 5.74) is 7.26. The molecular formula is C11H9N5O3S. The molecule has 102 valence electrons. The molecule has 3 aromatic heterocycles. The van der Waals surface area contributed by atoms with Crippen molar-refractivity contribution in [3.8, 4) is 11.1 Å². The van der Waals surface area contributed by atoms with Gasteiger partial charge in [-0.15, -0.1) is 5.10 Å².